The number of fused-ring (bicyclic) bond motifs is 7. The summed E-state index contributed by atoms with van der Waals surface area (Å²) in [6, 6.07) is 26.2. The van der Waals surface area contributed by atoms with E-state index in [9.17, 15) is 0 Å². The monoisotopic (exact) mass is 343 g/mol. The standard InChI is InChI=1S/C26H17N/c1-3-21-23-13-18-9-5-7-11-20(18)15-25(23)27-24-14-19-10-6-4-8-17(19)12-22(24)16(2)26(21)27/h3-15H,1-2H2. The van der Waals surface area contributed by atoms with Gasteiger partial charge in [-0.1, -0.05) is 67.8 Å². The summed E-state index contributed by atoms with van der Waals surface area (Å²) in [5, 5.41) is 8.52. The van der Waals surface area contributed by atoms with Crippen LogP contribution in [0.3, 0.4) is 0 Å². The van der Waals surface area contributed by atoms with Crippen LogP contribution >= 0.6 is 0 Å². The van der Waals surface area contributed by atoms with Gasteiger partial charge in [0.05, 0.1) is 16.6 Å². The van der Waals surface area contributed by atoms with Gasteiger partial charge in [-0.15, -0.1) is 0 Å². The highest BCUT2D eigenvalue weighted by molar-refractivity contribution is 6.11. The number of hydrogen-bond donors (Lipinski definition) is 0. The van der Waals surface area contributed by atoms with Crippen LogP contribution < -0.4 is 5.22 Å². The van der Waals surface area contributed by atoms with Crippen molar-refractivity contribution in [1.82, 2.24) is 4.40 Å². The van der Waals surface area contributed by atoms with E-state index in [1.807, 2.05) is 6.08 Å². The van der Waals surface area contributed by atoms with Crippen molar-refractivity contribution in [1.29, 1.82) is 0 Å². The predicted octanol–water partition coefficient (Wildman–Crippen LogP) is 6.32. The van der Waals surface area contributed by atoms with Crippen molar-refractivity contribution < 1.29 is 0 Å². The molecule has 0 saturated heterocycles. The highest BCUT2D eigenvalue weighted by Gasteiger charge is 2.17. The van der Waals surface area contributed by atoms with Crippen LogP contribution in [0.25, 0.3) is 61.5 Å². The molecule has 0 saturated carbocycles. The third-order valence-electron chi connectivity index (χ3n) is 5.79. The van der Waals surface area contributed by atoms with Gasteiger partial charge in [0.25, 0.3) is 0 Å². The summed E-state index contributed by atoms with van der Waals surface area (Å²) in [5.41, 5.74) is 4.76. The molecule has 0 N–H and O–H groups in total. The molecule has 2 heterocycles. The van der Waals surface area contributed by atoms with E-state index in [0.29, 0.717) is 0 Å². The van der Waals surface area contributed by atoms with Gasteiger partial charge >= 0.3 is 0 Å². The third kappa shape index (κ3) is 1.78. The summed E-state index contributed by atoms with van der Waals surface area (Å²) in [7, 11) is 0. The second-order valence-corrected chi connectivity index (χ2v) is 7.21. The molecule has 6 aromatic rings. The van der Waals surface area contributed by atoms with Crippen molar-refractivity contribution >= 4 is 61.5 Å². The fraction of sp³-hybridized carbons (Fsp3) is 0. The predicted molar refractivity (Wildman–Crippen MR) is 118 cm³/mol. The van der Waals surface area contributed by atoms with Crippen molar-refractivity contribution in [3.63, 3.8) is 0 Å². The average Bonchev–Trinajstić information content (AvgIpc) is 3.17. The first-order valence-electron chi connectivity index (χ1n) is 9.19. The van der Waals surface area contributed by atoms with Crippen molar-refractivity contribution in [3.8, 4) is 0 Å². The van der Waals surface area contributed by atoms with Gasteiger partial charge in [0.1, 0.15) is 0 Å². The van der Waals surface area contributed by atoms with Gasteiger partial charge in [-0.25, -0.2) is 0 Å². The minimum atomic E-state index is 1.07. The lowest BCUT2D eigenvalue weighted by atomic mass is 10.0. The molecule has 6 rings (SSSR count). The van der Waals surface area contributed by atoms with Crippen LogP contribution in [0.5, 0.6) is 0 Å². The van der Waals surface area contributed by atoms with E-state index in [1.165, 1.54) is 54.4 Å². The molecule has 0 aliphatic heterocycles. The Morgan fingerprint density at radius 3 is 1.70 bits per heavy atom. The molecule has 126 valence electrons. The second kappa shape index (κ2) is 4.99. The molecule has 1 heteroatoms. The van der Waals surface area contributed by atoms with E-state index >= 15 is 0 Å². The van der Waals surface area contributed by atoms with Crippen LogP contribution in [0.2, 0.25) is 0 Å². The van der Waals surface area contributed by atoms with Crippen LogP contribution in [-0.2, 0) is 0 Å². The first-order chi connectivity index (χ1) is 13.3. The normalized spacial score (nSPS) is 12.0. The Morgan fingerprint density at radius 2 is 1.15 bits per heavy atom. The van der Waals surface area contributed by atoms with Crippen LogP contribution in [0, 0.1) is 0 Å². The minimum Gasteiger partial charge on any atom is -0.308 e. The molecule has 2 aromatic heterocycles. The Kier molecular flexibility index (Phi) is 2.69. The van der Waals surface area contributed by atoms with Gasteiger partial charge in [-0.05, 0) is 45.8 Å². The third-order valence-corrected chi connectivity index (χ3v) is 5.79. The topological polar surface area (TPSA) is 4.41 Å². The first-order valence-corrected chi connectivity index (χ1v) is 9.19. The minimum absolute atomic E-state index is 1.07. The van der Waals surface area contributed by atoms with Crippen LogP contribution in [0.4, 0.5) is 0 Å². The molecule has 0 aliphatic rings. The van der Waals surface area contributed by atoms with Gasteiger partial charge < -0.3 is 4.40 Å². The van der Waals surface area contributed by atoms with Crippen molar-refractivity contribution in [2.75, 3.05) is 0 Å². The summed E-state index contributed by atoms with van der Waals surface area (Å²) in [5.74, 6) is 0. The number of aromatic nitrogens is 1. The quantitative estimate of drug-likeness (QED) is 0.329. The van der Waals surface area contributed by atoms with Crippen molar-refractivity contribution in [2.45, 2.75) is 0 Å². The number of nitrogens with zero attached hydrogens (tertiary/aromatic N) is 1. The zero-order valence-corrected chi connectivity index (χ0v) is 14.9. The summed E-state index contributed by atoms with van der Waals surface area (Å²) < 4.78 is 2.36. The average molecular weight is 343 g/mol. The highest BCUT2D eigenvalue weighted by Crippen LogP contribution is 2.34. The maximum absolute atomic E-state index is 4.45. The number of hydrogen-bond acceptors (Lipinski definition) is 0. The van der Waals surface area contributed by atoms with Gasteiger partial charge in [-0.3, -0.25) is 0 Å². The van der Waals surface area contributed by atoms with Crippen LogP contribution in [-0.4, -0.2) is 4.40 Å². The van der Waals surface area contributed by atoms with E-state index in [0.717, 1.165) is 5.22 Å². The number of rotatable bonds is 1. The van der Waals surface area contributed by atoms with Crippen LogP contribution in [0.1, 0.15) is 5.56 Å². The summed E-state index contributed by atoms with van der Waals surface area (Å²) >= 11 is 0. The Labute approximate surface area is 156 Å². The molecule has 0 spiro atoms. The first kappa shape index (κ1) is 14.6. The molecular weight excluding hydrogens is 326 g/mol. The molecule has 0 radical (unpaired) electrons. The Bertz CT molecular complexity index is 1600. The molecule has 0 unspecified atom stereocenters. The molecular formula is C26H17N. The Hall–Kier alpha value is -3.58. The van der Waals surface area contributed by atoms with Crippen molar-refractivity contribution in [3.05, 3.63) is 90.2 Å². The summed E-state index contributed by atoms with van der Waals surface area (Å²) in [6.45, 7) is 8.56. The maximum Gasteiger partial charge on any atom is 0.0614 e. The molecule has 4 aromatic carbocycles. The largest absolute Gasteiger partial charge is 0.308 e. The maximum atomic E-state index is 4.45. The van der Waals surface area contributed by atoms with E-state index in [2.05, 4.69) is 90.4 Å². The van der Waals surface area contributed by atoms with Crippen molar-refractivity contribution in [2.24, 2.45) is 0 Å². The van der Waals surface area contributed by atoms with Gasteiger partial charge in [-0.2, -0.15) is 0 Å². The fourth-order valence-corrected chi connectivity index (χ4v) is 4.53. The molecule has 1 nitrogen and oxygen atoms in total. The molecule has 0 fully saturated rings. The lowest BCUT2D eigenvalue weighted by Gasteiger charge is -2.03. The second-order valence-electron chi connectivity index (χ2n) is 7.21. The van der Waals surface area contributed by atoms with Gasteiger partial charge in [0.2, 0.25) is 0 Å². The summed E-state index contributed by atoms with van der Waals surface area (Å²) in [4.78, 5) is 0. The van der Waals surface area contributed by atoms with E-state index < -0.39 is 0 Å². The van der Waals surface area contributed by atoms with Gasteiger partial charge in [0.15, 0.2) is 0 Å². The Balaban J connectivity index is 1.95. The highest BCUT2D eigenvalue weighted by atomic mass is 14.9. The zero-order chi connectivity index (χ0) is 18.1. The molecule has 0 aliphatic carbocycles. The lowest BCUT2D eigenvalue weighted by molar-refractivity contribution is 1.37. The molecule has 27 heavy (non-hydrogen) atoms. The summed E-state index contributed by atoms with van der Waals surface area (Å²) in [6.07, 6.45) is 1.97. The number of benzene rings is 4. The molecule has 0 bridgehead atoms. The molecule has 0 amide bonds. The van der Waals surface area contributed by atoms with Gasteiger partial charge in [0, 0.05) is 21.6 Å². The smallest absolute Gasteiger partial charge is 0.0614 e. The lowest BCUT2D eigenvalue weighted by Crippen LogP contribution is -1.95. The fourth-order valence-electron chi connectivity index (χ4n) is 4.53. The SMILES string of the molecule is C=Cc1c2cc3ccccc3cc2n2c1c(=C)c1cc3ccccc3cc12. The molecule has 0 atom stereocenters. The van der Waals surface area contributed by atoms with Crippen LogP contribution in [0.15, 0.2) is 79.4 Å². The zero-order valence-electron chi connectivity index (χ0n) is 14.9. The van der Waals surface area contributed by atoms with E-state index in [-0.39, 0.29) is 0 Å². The van der Waals surface area contributed by atoms with E-state index in [4.69, 9.17) is 0 Å². The Morgan fingerprint density at radius 1 is 0.667 bits per heavy atom. The van der Waals surface area contributed by atoms with E-state index in [1.54, 1.807) is 0 Å².